The second-order valence-corrected chi connectivity index (χ2v) is 11.7. The summed E-state index contributed by atoms with van der Waals surface area (Å²) in [6.45, 7) is 8.51. The van der Waals surface area contributed by atoms with Gasteiger partial charge in [0.25, 0.3) is 11.5 Å². The quantitative estimate of drug-likeness (QED) is 0.492. The van der Waals surface area contributed by atoms with Gasteiger partial charge in [-0.25, -0.2) is 8.78 Å². The number of rotatable bonds is 8. The minimum atomic E-state index is -2.53. The first-order chi connectivity index (χ1) is 18.4. The molecule has 2 amide bonds. The zero-order chi connectivity index (χ0) is 28.1. The number of alkyl halides is 2. The van der Waals surface area contributed by atoms with Crippen molar-refractivity contribution in [3.8, 4) is 5.88 Å². The number of hydrogen-bond donors (Lipinski definition) is 2. The molecule has 0 radical (unpaired) electrons. The first-order valence-corrected chi connectivity index (χ1v) is 13.7. The van der Waals surface area contributed by atoms with E-state index in [1.165, 1.54) is 16.8 Å². The summed E-state index contributed by atoms with van der Waals surface area (Å²) in [6.07, 6.45) is 5.99. The summed E-state index contributed by atoms with van der Waals surface area (Å²) in [5.74, 6) is -3.70. The summed E-state index contributed by atoms with van der Waals surface area (Å²) in [7, 11) is 0. The van der Waals surface area contributed by atoms with Crippen molar-refractivity contribution in [2.45, 2.75) is 71.0 Å². The van der Waals surface area contributed by atoms with Gasteiger partial charge in [-0.1, -0.05) is 13.8 Å². The maximum atomic E-state index is 13.2. The van der Waals surface area contributed by atoms with Crippen LogP contribution in [0.1, 0.15) is 62.4 Å². The lowest BCUT2D eigenvalue weighted by Crippen LogP contribution is -2.55. The smallest absolute Gasteiger partial charge is 0.291 e. The van der Waals surface area contributed by atoms with Crippen LogP contribution in [0.25, 0.3) is 11.7 Å². The van der Waals surface area contributed by atoms with E-state index in [4.69, 9.17) is 0 Å². The molecule has 3 fully saturated rings. The number of aromatic hydroxyl groups is 1. The Kier molecular flexibility index (Phi) is 7.25. The van der Waals surface area contributed by atoms with Gasteiger partial charge in [-0.05, 0) is 37.7 Å². The van der Waals surface area contributed by atoms with Crippen molar-refractivity contribution >= 4 is 23.5 Å². The van der Waals surface area contributed by atoms with Gasteiger partial charge in [0.05, 0.1) is 6.20 Å². The van der Waals surface area contributed by atoms with Crippen molar-refractivity contribution in [2.75, 3.05) is 26.2 Å². The van der Waals surface area contributed by atoms with Crippen LogP contribution < -0.4 is 10.9 Å². The Hall–Kier alpha value is -3.28. The Labute approximate surface area is 225 Å². The molecular formula is C27H36F2N6O4. The molecule has 1 aliphatic heterocycles. The molecule has 212 valence electrons. The van der Waals surface area contributed by atoms with E-state index in [1.54, 1.807) is 11.0 Å². The molecule has 0 aromatic carbocycles. The fraction of sp³-hybridized carbons (Fsp3) is 0.630. The van der Waals surface area contributed by atoms with E-state index in [-0.39, 0.29) is 48.2 Å². The van der Waals surface area contributed by atoms with E-state index < -0.39 is 23.3 Å². The number of hydrogen-bond acceptors (Lipinski definition) is 6. The molecule has 3 aliphatic rings. The van der Waals surface area contributed by atoms with Crippen LogP contribution in [0, 0.1) is 11.8 Å². The van der Waals surface area contributed by atoms with Gasteiger partial charge in [-0.15, -0.1) is 0 Å². The second kappa shape index (κ2) is 10.4. The normalized spacial score (nSPS) is 22.1. The van der Waals surface area contributed by atoms with Crippen molar-refractivity contribution in [2.24, 2.45) is 11.8 Å². The summed E-state index contributed by atoms with van der Waals surface area (Å²) in [4.78, 5) is 42.9. The zero-order valence-corrected chi connectivity index (χ0v) is 22.6. The molecule has 2 aromatic rings. The SMILES string of the molecule is CC(C)Cn1c(O)c(C(=O)NC2CC2)c(=O)n2ncc(/C=C/C(=O)N3CCN(CC4CC(F)(F)C4)C[C@@H]3C)c12. The molecule has 10 nitrogen and oxygen atoms in total. The van der Waals surface area contributed by atoms with Crippen LogP contribution in [0.3, 0.4) is 0 Å². The molecule has 2 N–H and O–H groups in total. The number of halogens is 2. The molecule has 5 rings (SSSR count). The molecule has 2 saturated carbocycles. The van der Waals surface area contributed by atoms with E-state index >= 15 is 0 Å². The Morgan fingerprint density at radius 3 is 2.59 bits per heavy atom. The van der Waals surface area contributed by atoms with Crippen molar-refractivity contribution in [3.63, 3.8) is 0 Å². The molecule has 12 heteroatoms. The van der Waals surface area contributed by atoms with Gasteiger partial charge in [-0.2, -0.15) is 9.61 Å². The summed E-state index contributed by atoms with van der Waals surface area (Å²) < 4.78 is 29.0. The van der Waals surface area contributed by atoms with E-state index in [2.05, 4.69) is 15.3 Å². The third-order valence-electron chi connectivity index (χ3n) is 7.69. The molecule has 0 unspecified atom stereocenters. The molecular weight excluding hydrogens is 510 g/mol. The van der Waals surface area contributed by atoms with Crippen LogP contribution in [-0.2, 0) is 11.3 Å². The van der Waals surface area contributed by atoms with Crippen LogP contribution in [0.5, 0.6) is 5.88 Å². The predicted molar refractivity (Wildman–Crippen MR) is 141 cm³/mol. The van der Waals surface area contributed by atoms with E-state index in [9.17, 15) is 28.3 Å². The number of nitrogens with zero attached hydrogens (tertiary/aromatic N) is 5. The number of nitrogens with one attached hydrogen (secondary N) is 1. The Bertz CT molecular complexity index is 1350. The molecule has 2 aromatic heterocycles. The maximum Gasteiger partial charge on any atom is 0.291 e. The van der Waals surface area contributed by atoms with Crippen molar-refractivity contribution in [3.05, 3.63) is 33.8 Å². The number of fused-ring (bicyclic) bond motifs is 1. The summed E-state index contributed by atoms with van der Waals surface area (Å²) >= 11 is 0. The summed E-state index contributed by atoms with van der Waals surface area (Å²) in [5.41, 5.74) is -0.307. The van der Waals surface area contributed by atoms with Gasteiger partial charge in [0.2, 0.25) is 17.7 Å². The van der Waals surface area contributed by atoms with Gasteiger partial charge >= 0.3 is 0 Å². The number of carbonyl (C=O) groups excluding carboxylic acids is 2. The Balaban J connectivity index is 1.34. The molecule has 39 heavy (non-hydrogen) atoms. The fourth-order valence-corrected chi connectivity index (χ4v) is 5.61. The fourth-order valence-electron chi connectivity index (χ4n) is 5.61. The second-order valence-electron chi connectivity index (χ2n) is 11.7. The monoisotopic (exact) mass is 546 g/mol. The standard InChI is InChI=1S/C27H36F2N6O4/c1-16(2)13-34-24-19(12-30-35(24)26(39)22(25(34)38)23(37)31-20-5-6-20)4-7-21(36)33-9-8-32(14-17(33)3)15-18-10-27(28,29)11-18/h4,7,12,16-18,20,38H,5-6,8-11,13-15H2,1-3H3,(H,31,37)/b7-4+/t17-/m0/s1. The minimum Gasteiger partial charge on any atom is -0.494 e. The first-order valence-electron chi connectivity index (χ1n) is 13.7. The molecule has 3 heterocycles. The zero-order valence-electron chi connectivity index (χ0n) is 22.6. The van der Waals surface area contributed by atoms with Gasteiger partial charge < -0.3 is 15.3 Å². The lowest BCUT2D eigenvalue weighted by molar-refractivity contribution is -0.132. The van der Waals surface area contributed by atoms with Crippen LogP contribution in [-0.4, -0.2) is 85.1 Å². The van der Waals surface area contributed by atoms with Crippen LogP contribution >= 0.6 is 0 Å². The highest BCUT2D eigenvalue weighted by molar-refractivity contribution is 5.97. The molecule has 2 aliphatic carbocycles. The topological polar surface area (TPSA) is 112 Å². The van der Waals surface area contributed by atoms with Gasteiger partial charge in [0.1, 0.15) is 5.65 Å². The van der Waals surface area contributed by atoms with Crippen molar-refractivity contribution < 1.29 is 23.5 Å². The summed E-state index contributed by atoms with van der Waals surface area (Å²) in [5, 5.41) is 18.0. The van der Waals surface area contributed by atoms with Crippen molar-refractivity contribution in [1.29, 1.82) is 0 Å². The average molecular weight is 547 g/mol. The number of amides is 2. The Morgan fingerprint density at radius 2 is 1.97 bits per heavy atom. The molecule has 0 spiro atoms. The van der Waals surface area contributed by atoms with Crippen LogP contribution in [0.4, 0.5) is 8.78 Å². The molecule has 0 bridgehead atoms. The molecule has 1 atom stereocenters. The maximum absolute atomic E-state index is 13.2. The Morgan fingerprint density at radius 1 is 1.26 bits per heavy atom. The highest BCUT2D eigenvalue weighted by atomic mass is 19.3. The van der Waals surface area contributed by atoms with Crippen LogP contribution in [0.2, 0.25) is 0 Å². The largest absolute Gasteiger partial charge is 0.494 e. The van der Waals surface area contributed by atoms with E-state index in [0.717, 1.165) is 17.4 Å². The third-order valence-corrected chi connectivity index (χ3v) is 7.69. The third kappa shape index (κ3) is 5.70. The number of carbonyl (C=O) groups is 2. The van der Waals surface area contributed by atoms with Gasteiger partial charge in [0, 0.05) is 69.3 Å². The molecule has 1 saturated heterocycles. The highest BCUT2D eigenvalue weighted by Crippen LogP contribution is 2.42. The van der Waals surface area contributed by atoms with Crippen LogP contribution in [0.15, 0.2) is 17.1 Å². The van der Waals surface area contributed by atoms with Gasteiger partial charge in [-0.3, -0.25) is 23.9 Å². The first kappa shape index (κ1) is 27.3. The predicted octanol–water partition coefficient (Wildman–Crippen LogP) is 2.34. The number of aromatic nitrogens is 3. The highest BCUT2D eigenvalue weighted by Gasteiger charge is 2.46. The van der Waals surface area contributed by atoms with E-state index in [1.807, 2.05) is 20.8 Å². The summed E-state index contributed by atoms with van der Waals surface area (Å²) in [6, 6.07) is -0.0732. The number of piperazine rings is 1. The minimum absolute atomic E-state index is 0.00474. The average Bonchev–Trinajstić information content (AvgIpc) is 3.54. The lowest BCUT2D eigenvalue weighted by atomic mass is 9.81. The van der Waals surface area contributed by atoms with Crippen molar-refractivity contribution in [1.82, 2.24) is 29.3 Å². The lowest BCUT2D eigenvalue weighted by Gasteiger charge is -2.43. The van der Waals surface area contributed by atoms with E-state index in [0.29, 0.717) is 43.9 Å². The van der Waals surface area contributed by atoms with Gasteiger partial charge in [0.15, 0.2) is 5.56 Å².